The normalized spacial score (nSPS) is 12.3. The molecule has 6 nitrogen and oxygen atoms in total. The average Bonchev–Trinajstić information content (AvgIpc) is 3.14. The third-order valence-electron chi connectivity index (χ3n) is 4.62. The number of hydrogen-bond donors (Lipinski definition) is 0. The standard InChI is InChI=1S/C23H13F6N3O3/c24-21(25)34-22(26)31-20-18(14-7-4-8-16(11-14)35-23(27,28)29)32-12-15(9-10-17(32)30-20)19(33)13-5-2-1-3-6-13/h1-12,21H/b31-22-. The van der Waals surface area contributed by atoms with Gasteiger partial charge in [0.1, 0.15) is 11.4 Å². The smallest absolute Gasteiger partial charge is 0.406 e. The van der Waals surface area contributed by atoms with Crippen molar-refractivity contribution < 1.29 is 40.6 Å². The zero-order chi connectivity index (χ0) is 25.2. The number of ketones is 1. The Morgan fingerprint density at radius 3 is 2.40 bits per heavy atom. The van der Waals surface area contributed by atoms with Gasteiger partial charge in [-0.3, -0.25) is 9.20 Å². The number of halogens is 6. The number of carbonyl (C=O) groups is 1. The van der Waals surface area contributed by atoms with Crippen molar-refractivity contribution in [3.63, 3.8) is 0 Å². The van der Waals surface area contributed by atoms with Crippen molar-refractivity contribution in [3.8, 4) is 17.0 Å². The molecular weight excluding hydrogens is 480 g/mol. The molecule has 4 aromatic rings. The van der Waals surface area contributed by atoms with Gasteiger partial charge in [-0.1, -0.05) is 42.5 Å². The molecule has 0 saturated heterocycles. The Hall–Kier alpha value is -4.35. The largest absolute Gasteiger partial charge is 0.573 e. The molecule has 0 atom stereocenters. The molecule has 35 heavy (non-hydrogen) atoms. The SMILES string of the molecule is O=C(c1ccccc1)c1ccc2nc(/N=C(/F)OC(F)F)c(-c3cccc(OC(F)(F)F)c3)n2c1. The van der Waals surface area contributed by atoms with Crippen molar-refractivity contribution in [1.82, 2.24) is 9.38 Å². The molecule has 0 bridgehead atoms. The van der Waals surface area contributed by atoms with E-state index in [-0.39, 0.29) is 28.3 Å². The van der Waals surface area contributed by atoms with Crippen LogP contribution in [0.2, 0.25) is 0 Å². The maximum atomic E-state index is 13.9. The lowest BCUT2D eigenvalue weighted by Crippen LogP contribution is -2.17. The number of alkyl halides is 5. The number of hydrogen-bond acceptors (Lipinski definition) is 5. The maximum Gasteiger partial charge on any atom is 0.573 e. The topological polar surface area (TPSA) is 65.2 Å². The minimum atomic E-state index is -4.98. The molecule has 0 amide bonds. The number of rotatable bonds is 6. The molecule has 12 heteroatoms. The van der Waals surface area contributed by atoms with Crippen molar-refractivity contribution in [1.29, 1.82) is 0 Å². The predicted octanol–water partition coefficient (Wildman–Crippen LogP) is 6.33. The summed E-state index contributed by atoms with van der Waals surface area (Å²) >= 11 is 0. The predicted molar refractivity (Wildman–Crippen MR) is 112 cm³/mol. The number of fused-ring (bicyclic) bond motifs is 1. The van der Waals surface area contributed by atoms with Crippen molar-refractivity contribution >= 4 is 23.4 Å². The second kappa shape index (κ2) is 9.49. The Morgan fingerprint density at radius 1 is 0.971 bits per heavy atom. The van der Waals surface area contributed by atoms with E-state index in [1.54, 1.807) is 30.3 Å². The van der Waals surface area contributed by atoms with Crippen LogP contribution in [0.4, 0.5) is 32.2 Å². The van der Waals surface area contributed by atoms with Crippen LogP contribution < -0.4 is 4.74 Å². The number of ether oxygens (including phenoxy) is 2. The van der Waals surface area contributed by atoms with Crippen LogP contribution in [0.3, 0.4) is 0 Å². The Morgan fingerprint density at radius 2 is 1.71 bits per heavy atom. The quantitative estimate of drug-likeness (QED) is 0.136. The first-order valence-electron chi connectivity index (χ1n) is 9.78. The summed E-state index contributed by atoms with van der Waals surface area (Å²) in [6.07, 6.45) is -5.56. The van der Waals surface area contributed by atoms with E-state index in [1.165, 1.54) is 34.9 Å². The molecule has 2 aromatic carbocycles. The van der Waals surface area contributed by atoms with Gasteiger partial charge in [0.05, 0.1) is 5.69 Å². The lowest BCUT2D eigenvalue weighted by atomic mass is 10.1. The van der Waals surface area contributed by atoms with Gasteiger partial charge in [-0.2, -0.15) is 13.8 Å². The van der Waals surface area contributed by atoms with Gasteiger partial charge in [0.2, 0.25) is 0 Å². The highest BCUT2D eigenvalue weighted by atomic mass is 19.4. The summed E-state index contributed by atoms with van der Waals surface area (Å²) in [6.45, 7) is -3.50. The molecule has 0 aliphatic carbocycles. The molecule has 2 aromatic heterocycles. The molecule has 0 radical (unpaired) electrons. The van der Waals surface area contributed by atoms with Crippen LogP contribution in [0, 0.1) is 0 Å². The van der Waals surface area contributed by atoms with E-state index in [0.717, 1.165) is 12.1 Å². The molecule has 0 N–H and O–H groups in total. The van der Waals surface area contributed by atoms with Gasteiger partial charge in [0.25, 0.3) is 0 Å². The van der Waals surface area contributed by atoms with E-state index < -0.39 is 30.7 Å². The fourth-order valence-corrected chi connectivity index (χ4v) is 3.29. The van der Waals surface area contributed by atoms with Crippen LogP contribution in [0.1, 0.15) is 15.9 Å². The first-order valence-corrected chi connectivity index (χ1v) is 9.78. The molecule has 4 rings (SSSR count). The Kier molecular flexibility index (Phi) is 6.45. The van der Waals surface area contributed by atoms with Gasteiger partial charge < -0.3 is 9.47 Å². The highest BCUT2D eigenvalue weighted by Gasteiger charge is 2.31. The van der Waals surface area contributed by atoms with Crippen molar-refractivity contribution in [2.24, 2.45) is 4.99 Å². The summed E-state index contributed by atoms with van der Waals surface area (Å²) in [5.74, 6) is -1.45. The zero-order valence-corrected chi connectivity index (χ0v) is 17.3. The van der Waals surface area contributed by atoms with Crippen molar-refractivity contribution in [3.05, 3.63) is 84.1 Å². The molecule has 180 valence electrons. The second-order valence-corrected chi connectivity index (χ2v) is 6.94. The van der Waals surface area contributed by atoms with Crippen LogP contribution >= 0.6 is 0 Å². The van der Waals surface area contributed by atoms with Gasteiger partial charge in [-0.15, -0.1) is 17.6 Å². The molecular formula is C23H13F6N3O3. The second-order valence-electron chi connectivity index (χ2n) is 6.94. The number of aromatic nitrogens is 2. The monoisotopic (exact) mass is 493 g/mol. The summed E-state index contributed by atoms with van der Waals surface area (Å²) in [6, 6.07) is 15.7. The molecule has 2 heterocycles. The van der Waals surface area contributed by atoms with Gasteiger partial charge in [0.15, 0.2) is 11.6 Å². The summed E-state index contributed by atoms with van der Waals surface area (Å²) in [4.78, 5) is 20.3. The summed E-state index contributed by atoms with van der Waals surface area (Å²) in [5, 5.41) is 0. The van der Waals surface area contributed by atoms with Gasteiger partial charge >= 0.3 is 19.1 Å². The molecule has 0 saturated carbocycles. The zero-order valence-electron chi connectivity index (χ0n) is 17.3. The first kappa shape index (κ1) is 23.8. The molecule has 0 aliphatic rings. The van der Waals surface area contributed by atoms with Crippen LogP contribution in [-0.4, -0.2) is 34.3 Å². The minimum absolute atomic E-state index is 0.0205. The van der Waals surface area contributed by atoms with Crippen molar-refractivity contribution in [2.45, 2.75) is 13.0 Å². The van der Waals surface area contributed by atoms with Gasteiger partial charge in [0, 0.05) is 22.9 Å². The minimum Gasteiger partial charge on any atom is -0.406 e. The van der Waals surface area contributed by atoms with E-state index in [1.807, 2.05) is 0 Å². The van der Waals surface area contributed by atoms with E-state index >= 15 is 0 Å². The Labute approximate surface area is 193 Å². The molecule has 0 unspecified atom stereocenters. The number of aliphatic imine (C=N–C) groups is 1. The first-order chi connectivity index (χ1) is 16.6. The lowest BCUT2D eigenvalue weighted by Gasteiger charge is -2.11. The van der Waals surface area contributed by atoms with Crippen LogP contribution in [0.25, 0.3) is 16.9 Å². The number of pyridine rings is 1. The lowest BCUT2D eigenvalue weighted by molar-refractivity contribution is -0.274. The summed E-state index contributed by atoms with van der Waals surface area (Å²) < 4.78 is 85.6. The maximum absolute atomic E-state index is 13.9. The van der Waals surface area contributed by atoms with Crippen LogP contribution in [0.5, 0.6) is 5.75 Å². The fraction of sp³-hybridized carbons (Fsp3) is 0.0870. The van der Waals surface area contributed by atoms with E-state index in [9.17, 15) is 31.1 Å². The van der Waals surface area contributed by atoms with Gasteiger partial charge in [-0.25, -0.2) is 4.98 Å². The fourth-order valence-electron chi connectivity index (χ4n) is 3.29. The van der Waals surface area contributed by atoms with Crippen molar-refractivity contribution in [2.75, 3.05) is 0 Å². The highest BCUT2D eigenvalue weighted by Crippen LogP contribution is 2.35. The Bertz CT molecular complexity index is 1400. The Balaban J connectivity index is 1.89. The van der Waals surface area contributed by atoms with Crippen LogP contribution in [-0.2, 0) is 4.74 Å². The summed E-state index contributed by atoms with van der Waals surface area (Å²) in [5.41, 5.74) is 0.569. The highest BCUT2D eigenvalue weighted by molar-refractivity contribution is 6.09. The van der Waals surface area contributed by atoms with E-state index in [2.05, 4.69) is 19.5 Å². The molecule has 0 fully saturated rings. The summed E-state index contributed by atoms with van der Waals surface area (Å²) in [7, 11) is 0. The third-order valence-corrected chi connectivity index (χ3v) is 4.62. The number of carbonyl (C=O) groups excluding carboxylic acids is 1. The van der Waals surface area contributed by atoms with Gasteiger partial charge in [-0.05, 0) is 24.3 Å². The molecule has 0 aliphatic heterocycles. The average molecular weight is 493 g/mol. The number of benzene rings is 2. The van der Waals surface area contributed by atoms with E-state index in [0.29, 0.717) is 5.56 Å². The van der Waals surface area contributed by atoms with E-state index in [4.69, 9.17) is 0 Å². The van der Waals surface area contributed by atoms with Crippen LogP contribution in [0.15, 0.2) is 77.9 Å². The third kappa shape index (κ3) is 5.60. The number of imidazole rings is 1. The number of nitrogens with zero attached hydrogens (tertiary/aromatic N) is 3. The molecule has 0 spiro atoms.